The number of pyridine rings is 1. The Hall–Kier alpha value is -2.52. The molecule has 29 heavy (non-hydrogen) atoms. The summed E-state index contributed by atoms with van der Waals surface area (Å²) < 4.78 is 14.3. The monoisotopic (exact) mass is 401 g/mol. The number of aromatic nitrogens is 4. The Labute approximate surface area is 168 Å². The predicted octanol–water partition coefficient (Wildman–Crippen LogP) is 0.640. The molecule has 2 aromatic rings. The molecular formula is C20H27N5O4. The van der Waals surface area contributed by atoms with E-state index in [2.05, 4.69) is 15.0 Å². The molecule has 9 nitrogen and oxygen atoms in total. The van der Waals surface area contributed by atoms with Crippen molar-refractivity contribution in [1.82, 2.24) is 24.2 Å². The third-order valence-electron chi connectivity index (χ3n) is 5.53. The van der Waals surface area contributed by atoms with Gasteiger partial charge in [0.1, 0.15) is 12.2 Å². The van der Waals surface area contributed by atoms with Crippen LogP contribution in [0.25, 0.3) is 0 Å². The van der Waals surface area contributed by atoms with Crippen LogP contribution in [0.4, 0.5) is 0 Å². The Kier molecular flexibility index (Phi) is 5.26. The van der Waals surface area contributed by atoms with Gasteiger partial charge >= 0.3 is 11.1 Å². The lowest BCUT2D eigenvalue weighted by Gasteiger charge is -2.35. The van der Waals surface area contributed by atoms with E-state index in [0.717, 1.165) is 18.5 Å². The summed E-state index contributed by atoms with van der Waals surface area (Å²) in [6.07, 6.45) is 2.50. The molecule has 1 unspecified atom stereocenters. The van der Waals surface area contributed by atoms with E-state index in [1.807, 2.05) is 26.0 Å². The van der Waals surface area contributed by atoms with Crippen molar-refractivity contribution in [2.75, 3.05) is 20.2 Å². The van der Waals surface area contributed by atoms with Gasteiger partial charge in [0.05, 0.1) is 13.7 Å². The van der Waals surface area contributed by atoms with E-state index < -0.39 is 16.7 Å². The highest BCUT2D eigenvalue weighted by Crippen LogP contribution is 2.32. The van der Waals surface area contributed by atoms with Crippen LogP contribution in [0, 0.1) is 5.92 Å². The van der Waals surface area contributed by atoms with E-state index in [0.29, 0.717) is 37.9 Å². The lowest BCUT2D eigenvalue weighted by molar-refractivity contribution is -0.0860. The topological polar surface area (TPSA) is 91.5 Å². The fraction of sp³-hybridized carbons (Fsp3) is 0.600. The van der Waals surface area contributed by atoms with Crippen LogP contribution in [-0.2, 0) is 31.0 Å². The molecule has 2 aliphatic rings. The van der Waals surface area contributed by atoms with Gasteiger partial charge in [0, 0.05) is 37.9 Å². The van der Waals surface area contributed by atoms with Gasteiger partial charge < -0.3 is 9.47 Å². The molecule has 0 bridgehead atoms. The summed E-state index contributed by atoms with van der Waals surface area (Å²) in [4.78, 5) is 31.7. The number of methoxy groups -OCH3 is 1. The molecule has 156 valence electrons. The predicted molar refractivity (Wildman–Crippen MR) is 106 cm³/mol. The maximum absolute atomic E-state index is 12.7. The first-order valence-corrected chi connectivity index (χ1v) is 9.96. The van der Waals surface area contributed by atoms with Crippen LogP contribution in [0.3, 0.4) is 0 Å². The largest absolute Gasteiger partial charge is 0.481 e. The fourth-order valence-corrected chi connectivity index (χ4v) is 4.15. The Bertz CT molecular complexity index is 1010. The number of fused-ring (bicyclic) bond motifs is 1. The highest BCUT2D eigenvalue weighted by molar-refractivity contribution is 5.25. The molecule has 4 rings (SSSR count). The average Bonchev–Trinajstić information content (AvgIpc) is 3.09. The van der Waals surface area contributed by atoms with Crippen LogP contribution >= 0.6 is 0 Å². The van der Waals surface area contributed by atoms with Crippen molar-refractivity contribution in [1.29, 1.82) is 0 Å². The van der Waals surface area contributed by atoms with E-state index in [9.17, 15) is 9.59 Å². The van der Waals surface area contributed by atoms with Crippen LogP contribution in [0.2, 0.25) is 0 Å². The van der Waals surface area contributed by atoms with Gasteiger partial charge in [-0.2, -0.15) is 5.10 Å². The summed E-state index contributed by atoms with van der Waals surface area (Å²) in [5.41, 5.74) is -0.538. The maximum atomic E-state index is 12.7. The zero-order valence-corrected chi connectivity index (χ0v) is 17.1. The van der Waals surface area contributed by atoms with Gasteiger partial charge in [-0.15, -0.1) is 0 Å². The second-order valence-electron chi connectivity index (χ2n) is 8.29. The van der Waals surface area contributed by atoms with Crippen LogP contribution in [0.5, 0.6) is 5.88 Å². The van der Waals surface area contributed by atoms with Gasteiger partial charge in [-0.05, 0) is 18.4 Å². The molecule has 1 fully saturated rings. The number of ether oxygens (including phenoxy) is 2. The molecule has 4 heterocycles. The smallest absolute Gasteiger partial charge is 0.332 e. The minimum Gasteiger partial charge on any atom is -0.481 e. The molecule has 1 spiro atoms. The van der Waals surface area contributed by atoms with Gasteiger partial charge in [0.2, 0.25) is 5.88 Å². The molecule has 0 aromatic carbocycles. The summed E-state index contributed by atoms with van der Waals surface area (Å²) in [5.74, 6) is 1.37. The number of hydrogen-bond donors (Lipinski definition) is 0. The van der Waals surface area contributed by atoms with Crippen molar-refractivity contribution >= 4 is 0 Å². The van der Waals surface area contributed by atoms with E-state index >= 15 is 0 Å². The third kappa shape index (κ3) is 3.84. The van der Waals surface area contributed by atoms with Crippen molar-refractivity contribution in [2.24, 2.45) is 5.92 Å². The number of nitrogens with zero attached hydrogens (tertiary/aromatic N) is 5. The summed E-state index contributed by atoms with van der Waals surface area (Å²) >= 11 is 0. The van der Waals surface area contributed by atoms with Crippen molar-refractivity contribution in [3.05, 3.63) is 50.4 Å². The lowest BCUT2D eigenvalue weighted by Crippen LogP contribution is -2.53. The van der Waals surface area contributed by atoms with Crippen molar-refractivity contribution < 1.29 is 9.47 Å². The molecule has 0 amide bonds. The van der Waals surface area contributed by atoms with E-state index in [1.54, 1.807) is 13.3 Å². The first-order chi connectivity index (χ1) is 13.9. The van der Waals surface area contributed by atoms with Gasteiger partial charge in [-0.25, -0.2) is 9.67 Å². The van der Waals surface area contributed by atoms with E-state index in [4.69, 9.17) is 9.47 Å². The van der Waals surface area contributed by atoms with Gasteiger partial charge in [0.25, 0.3) is 0 Å². The van der Waals surface area contributed by atoms with Crippen LogP contribution < -0.4 is 15.9 Å². The average molecular weight is 401 g/mol. The first-order valence-electron chi connectivity index (χ1n) is 9.96. The van der Waals surface area contributed by atoms with Crippen LogP contribution in [0.1, 0.15) is 31.7 Å². The minimum absolute atomic E-state index is 0.228. The second-order valence-corrected chi connectivity index (χ2v) is 8.29. The number of hydrogen-bond acceptors (Lipinski definition) is 7. The molecule has 2 aromatic heterocycles. The highest BCUT2D eigenvalue weighted by Gasteiger charge is 2.43. The van der Waals surface area contributed by atoms with Gasteiger partial charge in [-0.1, -0.05) is 19.9 Å². The Balaban J connectivity index is 1.53. The van der Waals surface area contributed by atoms with E-state index in [1.165, 1.54) is 9.25 Å². The minimum atomic E-state index is -0.561. The quantitative estimate of drug-likeness (QED) is 0.679. The molecule has 0 saturated carbocycles. The fourth-order valence-electron chi connectivity index (χ4n) is 4.15. The summed E-state index contributed by atoms with van der Waals surface area (Å²) in [7, 11) is 1.62. The zero-order chi connectivity index (χ0) is 20.6. The SMILES string of the molecule is COc1ncccc1CN1CCC2(C1)Cn1c(nn(CC(C)C)c(=O)c1=O)CO2. The second kappa shape index (κ2) is 7.72. The Morgan fingerprint density at radius 2 is 2.10 bits per heavy atom. The standard InChI is InChI=1S/C20H27N5O4/c1-14(2)9-25-19(27)18(26)24-13-20(29-11-16(24)22-25)6-8-23(12-20)10-15-5-4-7-21-17(15)28-3/h4-5,7,14H,6,8-13H2,1-3H3. The number of likely N-dealkylation sites (tertiary alicyclic amines) is 1. The number of rotatable bonds is 5. The summed E-state index contributed by atoms with van der Waals surface area (Å²) in [6, 6.07) is 3.89. The molecule has 0 N–H and O–H groups in total. The van der Waals surface area contributed by atoms with Crippen LogP contribution in [0.15, 0.2) is 27.9 Å². The van der Waals surface area contributed by atoms with Crippen LogP contribution in [-0.4, -0.2) is 50.0 Å². The molecule has 9 heteroatoms. The van der Waals surface area contributed by atoms with E-state index in [-0.39, 0.29) is 12.5 Å². The maximum Gasteiger partial charge on any atom is 0.332 e. The molecule has 0 aliphatic carbocycles. The molecule has 1 saturated heterocycles. The lowest BCUT2D eigenvalue weighted by atomic mass is 10.0. The molecular weight excluding hydrogens is 374 g/mol. The molecule has 1 atom stereocenters. The Morgan fingerprint density at radius 1 is 1.28 bits per heavy atom. The van der Waals surface area contributed by atoms with Crippen molar-refractivity contribution in [2.45, 2.75) is 52.1 Å². The third-order valence-corrected chi connectivity index (χ3v) is 5.53. The highest BCUT2D eigenvalue weighted by atomic mass is 16.5. The normalized spacial score (nSPS) is 21.7. The zero-order valence-electron chi connectivity index (χ0n) is 17.1. The Morgan fingerprint density at radius 3 is 2.86 bits per heavy atom. The van der Waals surface area contributed by atoms with Crippen molar-refractivity contribution in [3.63, 3.8) is 0 Å². The van der Waals surface area contributed by atoms with Crippen molar-refractivity contribution in [3.8, 4) is 5.88 Å². The van der Waals surface area contributed by atoms with Gasteiger partial charge in [0.15, 0.2) is 5.82 Å². The molecule has 2 aliphatic heterocycles. The van der Waals surface area contributed by atoms with Gasteiger partial charge in [-0.3, -0.25) is 19.1 Å². The summed E-state index contributed by atoms with van der Waals surface area (Å²) in [6.45, 7) is 7.18. The summed E-state index contributed by atoms with van der Waals surface area (Å²) in [5, 5.41) is 4.38. The molecule has 0 radical (unpaired) electrons. The first kappa shape index (κ1) is 19.8.